The van der Waals surface area contributed by atoms with Crippen LogP contribution in [0.2, 0.25) is 5.02 Å². The number of carbonyl (C=O) groups is 1. The van der Waals surface area contributed by atoms with Crippen molar-refractivity contribution in [1.29, 1.82) is 0 Å². The first kappa shape index (κ1) is 14.3. The van der Waals surface area contributed by atoms with E-state index < -0.39 is 0 Å². The summed E-state index contributed by atoms with van der Waals surface area (Å²) in [5, 5.41) is 7.45. The molecule has 2 heterocycles. The molecule has 3 aromatic rings. The van der Waals surface area contributed by atoms with Gasteiger partial charge in [-0.3, -0.25) is 14.5 Å². The second kappa shape index (κ2) is 6.41. The quantitative estimate of drug-likeness (QED) is 0.804. The van der Waals surface area contributed by atoms with Crippen molar-refractivity contribution in [1.82, 2.24) is 14.8 Å². The van der Waals surface area contributed by atoms with Gasteiger partial charge in [-0.15, -0.1) is 0 Å². The molecule has 0 aliphatic heterocycles. The number of carbonyl (C=O) groups excluding carboxylic acids is 1. The highest BCUT2D eigenvalue weighted by molar-refractivity contribution is 6.30. The van der Waals surface area contributed by atoms with Crippen LogP contribution in [-0.2, 0) is 6.54 Å². The molecule has 110 valence electrons. The lowest BCUT2D eigenvalue weighted by Gasteiger charge is -2.02. The summed E-state index contributed by atoms with van der Waals surface area (Å²) in [6.45, 7) is 0.645. The van der Waals surface area contributed by atoms with E-state index in [2.05, 4.69) is 15.4 Å². The van der Waals surface area contributed by atoms with E-state index in [-0.39, 0.29) is 11.6 Å². The molecule has 0 unspecified atom stereocenters. The van der Waals surface area contributed by atoms with Gasteiger partial charge in [-0.25, -0.2) is 0 Å². The Morgan fingerprint density at radius 3 is 2.82 bits per heavy atom. The molecule has 22 heavy (non-hydrogen) atoms. The molecule has 0 spiro atoms. The van der Waals surface area contributed by atoms with E-state index in [1.165, 1.54) is 12.3 Å². The van der Waals surface area contributed by atoms with Crippen LogP contribution in [0.25, 0.3) is 0 Å². The summed E-state index contributed by atoms with van der Waals surface area (Å²) in [4.78, 5) is 16.1. The lowest BCUT2D eigenvalue weighted by atomic mass is 10.2. The van der Waals surface area contributed by atoms with Crippen LogP contribution in [0.3, 0.4) is 0 Å². The van der Waals surface area contributed by atoms with Crippen LogP contribution in [-0.4, -0.2) is 20.7 Å². The van der Waals surface area contributed by atoms with Crippen LogP contribution in [0.4, 0.5) is 5.69 Å². The Morgan fingerprint density at radius 1 is 1.23 bits per heavy atom. The van der Waals surface area contributed by atoms with Gasteiger partial charge in [0.1, 0.15) is 5.69 Å². The molecule has 0 fully saturated rings. The SMILES string of the molecule is O=C(Nc1cnn(Cc2ccccc2)c1)c1cc(Cl)ccn1. The van der Waals surface area contributed by atoms with Crippen molar-refractivity contribution in [3.8, 4) is 0 Å². The summed E-state index contributed by atoms with van der Waals surface area (Å²) in [5.74, 6) is -0.318. The van der Waals surface area contributed by atoms with Gasteiger partial charge < -0.3 is 5.32 Å². The van der Waals surface area contributed by atoms with Gasteiger partial charge >= 0.3 is 0 Å². The number of rotatable bonds is 4. The molecular formula is C16H13ClN4O. The highest BCUT2D eigenvalue weighted by Gasteiger charge is 2.09. The minimum atomic E-state index is -0.318. The first-order valence-corrected chi connectivity index (χ1v) is 7.08. The number of benzene rings is 1. The summed E-state index contributed by atoms with van der Waals surface area (Å²) in [6.07, 6.45) is 4.87. The monoisotopic (exact) mass is 312 g/mol. The molecule has 0 saturated heterocycles. The first-order chi connectivity index (χ1) is 10.7. The van der Waals surface area contributed by atoms with E-state index in [1.54, 1.807) is 23.1 Å². The van der Waals surface area contributed by atoms with Gasteiger partial charge in [-0.05, 0) is 17.7 Å². The van der Waals surface area contributed by atoms with Crippen LogP contribution in [0.1, 0.15) is 16.1 Å². The molecule has 0 atom stereocenters. The Labute approximate surface area is 132 Å². The summed E-state index contributed by atoms with van der Waals surface area (Å²) in [7, 11) is 0. The van der Waals surface area contributed by atoms with E-state index in [9.17, 15) is 4.79 Å². The molecule has 1 aromatic carbocycles. The second-order valence-corrected chi connectivity index (χ2v) is 5.16. The molecule has 2 aromatic heterocycles. The molecule has 0 bridgehead atoms. The van der Waals surface area contributed by atoms with Crippen LogP contribution in [0.15, 0.2) is 61.1 Å². The lowest BCUT2D eigenvalue weighted by Crippen LogP contribution is -2.13. The number of amides is 1. The maximum absolute atomic E-state index is 12.1. The lowest BCUT2D eigenvalue weighted by molar-refractivity contribution is 0.102. The molecule has 1 amide bonds. The fourth-order valence-electron chi connectivity index (χ4n) is 2.01. The number of halogens is 1. The van der Waals surface area contributed by atoms with E-state index in [1.807, 2.05) is 30.3 Å². The standard InChI is InChI=1S/C16H13ClN4O/c17-13-6-7-18-15(8-13)16(22)20-14-9-19-21(11-14)10-12-4-2-1-3-5-12/h1-9,11H,10H2,(H,20,22). The maximum atomic E-state index is 12.1. The number of nitrogens with one attached hydrogen (secondary N) is 1. The number of nitrogens with zero attached hydrogens (tertiary/aromatic N) is 3. The predicted octanol–water partition coefficient (Wildman–Crippen LogP) is 3.23. The zero-order chi connectivity index (χ0) is 15.4. The van der Waals surface area contributed by atoms with E-state index in [0.29, 0.717) is 17.3 Å². The van der Waals surface area contributed by atoms with Crippen molar-refractivity contribution in [2.75, 3.05) is 5.32 Å². The average molecular weight is 313 g/mol. The van der Waals surface area contributed by atoms with Gasteiger partial charge in [0.05, 0.1) is 18.4 Å². The van der Waals surface area contributed by atoms with Crippen molar-refractivity contribution in [2.24, 2.45) is 0 Å². The Morgan fingerprint density at radius 2 is 2.05 bits per heavy atom. The number of hydrogen-bond acceptors (Lipinski definition) is 3. The van der Waals surface area contributed by atoms with Crippen LogP contribution < -0.4 is 5.32 Å². The van der Waals surface area contributed by atoms with Gasteiger partial charge in [0.15, 0.2) is 0 Å². The first-order valence-electron chi connectivity index (χ1n) is 6.70. The third kappa shape index (κ3) is 3.51. The summed E-state index contributed by atoms with van der Waals surface area (Å²) in [6, 6.07) is 13.1. The third-order valence-electron chi connectivity index (χ3n) is 3.03. The van der Waals surface area contributed by atoms with Gasteiger partial charge in [0, 0.05) is 17.4 Å². The zero-order valence-electron chi connectivity index (χ0n) is 11.6. The fourth-order valence-corrected chi connectivity index (χ4v) is 2.17. The summed E-state index contributed by atoms with van der Waals surface area (Å²) in [5.41, 5.74) is 2.02. The number of hydrogen-bond donors (Lipinski definition) is 1. The maximum Gasteiger partial charge on any atom is 0.274 e. The summed E-state index contributed by atoms with van der Waals surface area (Å²) >= 11 is 5.85. The third-order valence-corrected chi connectivity index (χ3v) is 3.27. The highest BCUT2D eigenvalue weighted by Crippen LogP contribution is 2.12. The van der Waals surface area contributed by atoms with Crippen molar-refractivity contribution >= 4 is 23.2 Å². The van der Waals surface area contributed by atoms with E-state index >= 15 is 0 Å². The Balaban J connectivity index is 1.68. The molecule has 1 N–H and O–H groups in total. The molecular weight excluding hydrogens is 300 g/mol. The van der Waals surface area contributed by atoms with E-state index in [0.717, 1.165) is 5.56 Å². The van der Waals surface area contributed by atoms with Crippen molar-refractivity contribution in [2.45, 2.75) is 6.54 Å². The smallest absolute Gasteiger partial charge is 0.274 e. The molecule has 0 radical (unpaired) electrons. The molecule has 3 rings (SSSR count). The van der Waals surface area contributed by atoms with Crippen LogP contribution in [0, 0.1) is 0 Å². The normalized spacial score (nSPS) is 10.4. The van der Waals surface area contributed by atoms with Crippen molar-refractivity contribution < 1.29 is 4.79 Å². The largest absolute Gasteiger partial charge is 0.318 e. The molecule has 0 saturated carbocycles. The van der Waals surface area contributed by atoms with Crippen LogP contribution >= 0.6 is 11.6 Å². The topological polar surface area (TPSA) is 59.8 Å². The molecule has 0 aliphatic rings. The van der Waals surface area contributed by atoms with Crippen LogP contribution in [0.5, 0.6) is 0 Å². The Hall–Kier alpha value is -2.66. The second-order valence-electron chi connectivity index (χ2n) is 4.73. The van der Waals surface area contributed by atoms with Crippen molar-refractivity contribution in [3.63, 3.8) is 0 Å². The van der Waals surface area contributed by atoms with Gasteiger partial charge in [0.2, 0.25) is 0 Å². The fraction of sp³-hybridized carbons (Fsp3) is 0.0625. The minimum absolute atomic E-state index is 0.267. The van der Waals surface area contributed by atoms with Gasteiger partial charge in [-0.2, -0.15) is 5.10 Å². The average Bonchev–Trinajstić information content (AvgIpc) is 2.95. The van der Waals surface area contributed by atoms with Gasteiger partial charge in [-0.1, -0.05) is 41.9 Å². The number of aromatic nitrogens is 3. The minimum Gasteiger partial charge on any atom is -0.318 e. The molecule has 5 nitrogen and oxygen atoms in total. The molecule has 0 aliphatic carbocycles. The Bertz CT molecular complexity index is 786. The highest BCUT2D eigenvalue weighted by atomic mass is 35.5. The molecule has 6 heteroatoms. The predicted molar refractivity (Wildman–Crippen MR) is 85.0 cm³/mol. The zero-order valence-corrected chi connectivity index (χ0v) is 12.4. The number of pyridine rings is 1. The number of anilines is 1. The van der Waals surface area contributed by atoms with Crippen molar-refractivity contribution in [3.05, 3.63) is 77.3 Å². The summed E-state index contributed by atoms with van der Waals surface area (Å²) < 4.78 is 1.76. The van der Waals surface area contributed by atoms with Gasteiger partial charge in [0.25, 0.3) is 5.91 Å². The Kier molecular flexibility index (Phi) is 4.16. The van der Waals surface area contributed by atoms with E-state index in [4.69, 9.17) is 11.6 Å².